The van der Waals surface area contributed by atoms with Crippen molar-refractivity contribution in [1.82, 2.24) is 0 Å². The number of allylic oxidation sites excluding steroid dienone is 3. The third-order valence-corrected chi connectivity index (χ3v) is 2.37. The van der Waals surface area contributed by atoms with Gasteiger partial charge < -0.3 is 0 Å². The monoisotopic (exact) mass is 165 g/mol. The summed E-state index contributed by atoms with van der Waals surface area (Å²) in [6.07, 6.45) is 4.31. The van der Waals surface area contributed by atoms with E-state index in [4.69, 9.17) is 0 Å². The van der Waals surface area contributed by atoms with Crippen LogP contribution in [0, 0.1) is 17.8 Å². The van der Waals surface area contributed by atoms with Gasteiger partial charge in [0.15, 0.2) is 0 Å². The third kappa shape index (κ3) is 3.75. The molecule has 2 unspecified atom stereocenters. The van der Waals surface area contributed by atoms with E-state index >= 15 is 0 Å². The molecule has 0 saturated heterocycles. The molecule has 1 radical (unpaired) electrons. The van der Waals surface area contributed by atoms with Gasteiger partial charge in [-0.2, -0.15) is 0 Å². The molecule has 0 fully saturated rings. The number of rotatable bonds is 4. The maximum atomic E-state index is 3.80. The van der Waals surface area contributed by atoms with Gasteiger partial charge in [-0.3, -0.25) is 0 Å². The van der Waals surface area contributed by atoms with Gasteiger partial charge in [-0.15, -0.1) is 6.58 Å². The number of hydrogen-bond donors (Lipinski definition) is 0. The predicted molar refractivity (Wildman–Crippen MR) is 56.9 cm³/mol. The van der Waals surface area contributed by atoms with Gasteiger partial charge in [0.25, 0.3) is 0 Å². The minimum absolute atomic E-state index is 0.524. The Kier molecular flexibility index (Phi) is 4.96. The molecule has 0 spiro atoms. The SMILES string of the molecule is C=CC(C)[C](C)C(C)C=C(C)C. The zero-order chi connectivity index (χ0) is 9.72. The van der Waals surface area contributed by atoms with Gasteiger partial charge in [-0.05, 0) is 31.6 Å². The molecule has 12 heavy (non-hydrogen) atoms. The number of hydrogen-bond acceptors (Lipinski definition) is 0. The molecule has 0 N–H and O–H groups in total. The van der Waals surface area contributed by atoms with E-state index in [2.05, 4.69) is 47.3 Å². The van der Waals surface area contributed by atoms with Gasteiger partial charge in [-0.25, -0.2) is 0 Å². The first-order valence-corrected chi connectivity index (χ1v) is 4.60. The predicted octanol–water partition coefficient (Wildman–Crippen LogP) is 4.01. The van der Waals surface area contributed by atoms with Crippen molar-refractivity contribution in [3.63, 3.8) is 0 Å². The Labute approximate surface area is 77.4 Å². The molecule has 0 nitrogen and oxygen atoms in total. The van der Waals surface area contributed by atoms with Crippen LogP contribution in [0.25, 0.3) is 0 Å². The van der Waals surface area contributed by atoms with Crippen molar-refractivity contribution in [2.24, 2.45) is 11.8 Å². The molecule has 69 valence electrons. The highest BCUT2D eigenvalue weighted by Gasteiger charge is 2.14. The highest BCUT2D eigenvalue weighted by molar-refractivity contribution is 5.10. The van der Waals surface area contributed by atoms with Crippen molar-refractivity contribution in [3.8, 4) is 0 Å². The van der Waals surface area contributed by atoms with E-state index in [9.17, 15) is 0 Å². The lowest BCUT2D eigenvalue weighted by Gasteiger charge is -2.20. The molecular weight excluding hydrogens is 144 g/mol. The second kappa shape index (κ2) is 5.18. The Hall–Kier alpha value is -0.520. The van der Waals surface area contributed by atoms with Gasteiger partial charge in [0.05, 0.1) is 0 Å². The first-order chi connectivity index (χ1) is 5.49. The van der Waals surface area contributed by atoms with Crippen LogP contribution in [0.2, 0.25) is 0 Å². The fraction of sp³-hybridized carbons (Fsp3) is 0.583. The Bertz CT molecular complexity index is 161. The summed E-state index contributed by atoms with van der Waals surface area (Å²) in [5.41, 5.74) is 1.39. The minimum atomic E-state index is 0.524. The Morgan fingerprint density at radius 1 is 1.08 bits per heavy atom. The molecule has 0 amide bonds. The van der Waals surface area contributed by atoms with Gasteiger partial charge >= 0.3 is 0 Å². The fourth-order valence-electron chi connectivity index (χ4n) is 1.23. The topological polar surface area (TPSA) is 0 Å². The van der Waals surface area contributed by atoms with Crippen LogP contribution in [-0.2, 0) is 0 Å². The van der Waals surface area contributed by atoms with E-state index in [1.54, 1.807) is 0 Å². The maximum absolute atomic E-state index is 3.80. The quantitative estimate of drug-likeness (QED) is 0.552. The average Bonchev–Trinajstić information content (AvgIpc) is 2.00. The summed E-state index contributed by atoms with van der Waals surface area (Å²) in [5, 5.41) is 0. The van der Waals surface area contributed by atoms with Gasteiger partial charge in [0.2, 0.25) is 0 Å². The lowest BCUT2D eigenvalue weighted by molar-refractivity contribution is 0.597. The van der Waals surface area contributed by atoms with E-state index < -0.39 is 0 Å². The largest absolute Gasteiger partial charge is 0.103 e. The summed E-state index contributed by atoms with van der Waals surface area (Å²) in [6.45, 7) is 14.7. The standard InChI is InChI=1S/C12H21/c1-7-10(4)12(6)11(5)8-9(2)3/h7-8,10-11H,1H2,2-6H3. The van der Waals surface area contributed by atoms with Crippen LogP contribution in [0.4, 0.5) is 0 Å². The van der Waals surface area contributed by atoms with Crippen molar-refractivity contribution >= 4 is 0 Å². The molecule has 0 aromatic carbocycles. The second-order valence-electron chi connectivity index (χ2n) is 3.80. The molecule has 0 heteroatoms. The van der Waals surface area contributed by atoms with Crippen molar-refractivity contribution in [1.29, 1.82) is 0 Å². The molecular formula is C12H21. The fourth-order valence-corrected chi connectivity index (χ4v) is 1.23. The molecule has 0 saturated carbocycles. The summed E-state index contributed by atoms with van der Waals surface area (Å²) < 4.78 is 0. The summed E-state index contributed by atoms with van der Waals surface area (Å²) in [5.74, 6) is 2.59. The summed E-state index contributed by atoms with van der Waals surface area (Å²) >= 11 is 0. The average molecular weight is 165 g/mol. The minimum Gasteiger partial charge on any atom is -0.103 e. The summed E-state index contributed by atoms with van der Waals surface area (Å²) in [7, 11) is 0. The Morgan fingerprint density at radius 2 is 1.58 bits per heavy atom. The van der Waals surface area contributed by atoms with E-state index in [0.717, 1.165) is 0 Å². The molecule has 0 aliphatic heterocycles. The van der Waals surface area contributed by atoms with Crippen LogP contribution >= 0.6 is 0 Å². The maximum Gasteiger partial charge on any atom is -0.0141 e. The summed E-state index contributed by atoms with van der Waals surface area (Å²) in [6, 6.07) is 0. The molecule has 0 aliphatic carbocycles. The third-order valence-electron chi connectivity index (χ3n) is 2.37. The molecule has 0 aliphatic rings. The summed E-state index contributed by atoms with van der Waals surface area (Å²) in [4.78, 5) is 0. The van der Waals surface area contributed by atoms with Gasteiger partial charge in [0, 0.05) is 0 Å². The molecule has 0 aromatic rings. The lowest BCUT2D eigenvalue weighted by atomic mass is 9.84. The van der Waals surface area contributed by atoms with E-state index in [-0.39, 0.29) is 0 Å². The Balaban J connectivity index is 4.18. The van der Waals surface area contributed by atoms with Gasteiger partial charge in [0.1, 0.15) is 0 Å². The first kappa shape index (κ1) is 11.5. The first-order valence-electron chi connectivity index (χ1n) is 4.60. The van der Waals surface area contributed by atoms with Gasteiger partial charge in [-0.1, -0.05) is 38.5 Å². The lowest BCUT2D eigenvalue weighted by Crippen LogP contribution is -2.10. The normalized spacial score (nSPS) is 15.5. The van der Waals surface area contributed by atoms with Crippen molar-refractivity contribution < 1.29 is 0 Å². The van der Waals surface area contributed by atoms with Crippen LogP contribution in [-0.4, -0.2) is 0 Å². The molecule has 0 heterocycles. The van der Waals surface area contributed by atoms with Crippen LogP contribution in [0.3, 0.4) is 0 Å². The Morgan fingerprint density at radius 3 is 1.92 bits per heavy atom. The zero-order valence-electron chi connectivity index (χ0n) is 9.02. The van der Waals surface area contributed by atoms with Crippen LogP contribution in [0.5, 0.6) is 0 Å². The van der Waals surface area contributed by atoms with E-state index in [0.29, 0.717) is 11.8 Å². The van der Waals surface area contributed by atoms with Crippen molar-refractivity contribution in [2.75, 3.05) is 0 Å². The van der Waals surface area contributed by atoms with Crippen molar-refractivity contribution in [3.05, 3.63) is 30.2 Å². The molecule has 2 atom stereocenters. The van der Waals surface area contributed by atoms with E-state index in [1.165, 1.54) is 11.5 Å². The molecule has 0 bridgehead atoms. The van der Waals surface area contributed by atoms with Crippen molar-refractivity contribution in [2.45, 2.75) is 34.6 Å². The smallest absolute Gasteiger partial charge is 0.0141 e. The second-order valence-corrected chi connectivity index (χ2v) is 3.80. The van der Waals surface area contributed by atoms with Crippen LogP contribution in [0.1, 0.15) is 34.6 Å². The molecule has 0 aromatic heterocycles. The van der Waals surface area contributed by atoms with E-state index in [1.807, 2.05) is 6.08 Å². The van der Waals surface area contributed by atoms with Crippen LogP contribution < -0.4 is 0 Å². The van der Waals surface area contributed by atoms with Crippen LogP contribution in [0.15, 0.2) is 24.3 Å². The highest BCUT2D eigenvalue weighted by atomic mass is 14.2. The molecule has 0 rings (SSSR count). The highest BCUT2D eigenvalue weighted by Crippen LogP contribution is 2.25. The zero-order valence-corrected chi connectivity index (χ0v) is 9.02.